The highest BCUT2D eigenvalue weighted by Crippen LogP contribution is 2.30. The first-order valence-electron chi connectivity index (χ1n) is 3.76. The number of anilines is 1. The van der Waals surface area contributed by atoms with Crippen molar-refractivity contribution >= 4 is 28.3 Å². The van der Waals surface area contributed by atoms with Gasteiger partial charge in [0.15, 0.2) is 0 Å². The highest BCUT2D eigenvalue weighted by atomic mass is 32.1. The van der Waals surface area contributed by atoms with Gasteiger partial charge in [0.25, 0.3) is 0 Å². The summed E-state index contributed by atoms with van der Waals surface area (Å²) in [6, 6.07) is 0. The molecule has 0 bridgehead atoms. The van der Waals surface area contributed by atoms with Gasteiger partial charge in [-0.3, -0.25) is 4.79 Å². The van der Waals surface area contributed by atoms with Crippen molar-refractivity contribution in [2.45, 2.75) is 13.3 Å². The summed E-state index contributed by atoms with van der Waals surface area (Å²) in [5.41, 5.74) is 5.93. The lowest BCUT2D eigenvalue weighted by Gasteiger charge is -1.95. The Balaban J connectivity index is 3.16. The van der Waals surface area contributed by atoms with Gasteiger partial charge in [-0.15, -0.1) is 11.3 Å². The normalized spacial score (nSPS) is 10.1. The second-order valence-corrected chi connectivity index (χ2v) is 3.90. The number of nitrogens with two attached hydrogens (primary N) is 1. The number of rotatable bonds is 3. The Morgan fingerprint density at radius 2 is 2.00 bits per heavy atom. The number of carbonyl (C=O) groups is 2. The molecule has 4 N–H and O–H groups in total. The van der Waals surface area contributed by atoms with Gasteiger partial charge in [0.1, 0.15) is 5.00 Å². The Kier molecular flexibility index (Phi) is 2.76. The summed E-state index contributed by atoms with van der Waals surface area (Å²) >= 11 is 1.01. The predicted octanol–water partition coefficient (Wildman–Crippen LogP) is 0.964. The number of hydrogen-bond donors (Lipinski definition) is 3. The topological polar surface area (TPSA) is 101 Å². The van der Waals surface area contributed by atoms with Gasteiger partial charge < -0.3 is 15.9 Å². The summed E-state index contributed by atoms with van der Waals surface area (Å²) in [4.78, 5) is 21.6. The molecular weight excluding hydrogens is 206 g/mol. The molecule has 5 nitrogen and oxygen atoms in total. The Morgan fingerprint density at radius 1 is 1.43 bits per heavy atom. The molecule has 0 aliphatic heterocycles. The molecule has 1 aromatic heterocycles. The van der Waals surface area contributed by atoms with E-state index in [4.69, 9.17) is 15.9 Å². The molecule has 0 saturated heterocycles. The molecule has 0 spiro atoms. The molecule has 14 heavy (non-hydrogen) atoms. The monoisotopic (exact) mass is 215 g/mol. The maximum Gasteiger partial charge on any atom is 0.338 e. The van der Waals surface area contributed by atoms with Crippen LogP contribution in [0.3, 0.4) is 0 Å². The Hall–Kier alpha value is -1.56. The lowest BCUT2D eigenvalue weighted by atomic mass is 10.1. The van der Waals surface area contributed by atoms with Crippen LogP contribution in [-0.4, -0.2) is 22.2 Å². The van der Waals surface area contributed by atoms with E-state index < -0.39 is 11.9 Å². The van der Waals surface area contributed by atoms with E-state index in [1.165, 1.54) is 0 Å². The second-order valence-electron chi connectivity index (χ2n) is 2.77. The van der Waals surface area contributed by atoms with Crippen molar-refractivity contribution in [3.05, 3.63) is 16.0 Å². The fourth-order valence-corrected chi connectivity index (χ4v) is 2.22. The van der Waals surface area contributed by atoms with E-state index in [9.17, 15) is 9.59 Å². The van der Waals surface area contributed by atoms with Crippen molar-refractivity contribution in [2.24, 2.45) is 0 Å². The van der Waals surface area contributed by atoms with Crippen LogP contribution in [0.4, 0.5) is 5.00 Å². The van der Waals surface area contributed by atoms with Gasteiger partial charge in [-0.1, -0.05) is 0 Å². The Morgan fingerprint density at radius 3 is 2.36 bits per heavy atom. The van der Waals surface area contributed by atoms with E-state index in [1.54, 1.807) is 6.92 Å². The van der Waals surface area contributed by atoms with Crippen LogP contribution in [0, 0.1) is 6.92 Å². The maximum atomic E-state index is 10.7. The summed E-state index contributed by atoms with van der Waals surface area (Å²) in [6.45, 7) is 1.56. The van der Waals surface area contributed by atoms with Gasteiger partial charge in [-0.05, 0) is 12.5 Å². The summed E-state index contributed by atoms with van der Waals surface area (Å²) in [6.07, 6.45) is -0.187. The van der Waals surface area contributed by atoms with Crippen molar-refractivity contribution < 1.29 is 19.8 Å². The zero-order chi connectivity index (χ0) is 10.9. The van der Waals surface area contributed by atoms with Crippen LogP contribution >= 0.6 is 11.3 Å². The SMILES string of the molecule is Cc1c(CC(=O)O)sc(N)c1C(=O)O. The first-order chi connectivity index (χ1) is 6.43. The average Bonchev–Trinajstić information content (AvgIpc) is 2.25. The fraction of sp³-hybridized carbons (Fsp3) is 0.250. The number of carboxylic acids is 2. The number of carboxylic acid groups (broad SMARTS) is 2. The van der Waals surface area contributed by atoms with Crippen LogP contribution in [0.1, 0.15) is 20.8 Å². The Bertz CT molecular complexity index is 396. The van der Waals surface area contributed by atoms with Gasteiger partial charge in [0, 0.05) is 4.88 Å². The standard InChI is InChI=1S/C8H9NO4S/c1-3-4(2-5(10)11)14-7(9)6(3)8(12)13/h2,9H2,1H3,(H,10,11)(H,12,13). The quantitative estimate of drug-likeness (QED) is 0.697. The molecule has 0 fully saturated rings. The number of aliphatic carboxylic acids is 1. The van der Waals surface area contributed by atoms with Crippen LogP contribution in [-0.2, 0) is 11.2 Å². The molecule has 0 aliphatic rings. The van der Waals surface area contributed by atoms with Crippen LogP contribution < -0.4 is 5.73 Å². The first kappa shape index (κ1) is 10.5. The van der Waals surface area contributed by atoms with Gasteiger partial charge in [-0.25, -0.2) is 4.79 Å². The van der Waals surface area contributed by atoms with E-state index in [1.807, 2.05) is 0 Å². The van der Waals surface area contributed by atoms with Crippen LogP contribution in [0.15, 0.2) is 0 Å². The predicted molar refractivity (Wildman–Crippen MR) is 51.8 cm³/mol. The van der Waals surface area contributed by atoms with Crippen molar-refractivity contribution in [3.8, 4) is 0 Å². The molecule has 1 aromatic rings. The van der Waals surface area contributed by atoms with Gasteiger partial charge in [-0.2, -0.15) is 0 Å². The number of hydrogen-bond acceptors (Lipinski definition) is 4. The maximum absolute atomic E-state index is 10.7. The van der Waals surface area contributed by atoms with E-state index in [0.717, 1.165) is 11.3 Å². The average molecular weight is 215 g/mol. The molecule has 0 radical (unpaired) electrons. The largest absolute Gasteiger partial charge is 0.481 e. The molecule has 6 heteroatoms. The van der Waals surface area contributed by atoms with Crippen LogP contribution in [0.25, 0.3) is 0 Å². The van der Waals surface area contributed by atoms with Gasteiger partial charge in [0.05, 0.1) is 12.0 Å². The van der Waals surface area contributed by atoms with E-state index >= 15 is 0 Å². The molecule has 1 rings (SSSR count). The summed E-state index contributed by atoms with van der Waals surface area (Å²) in [5, 5.41) is 17.5. The lowest BCUT2D eigenvalue weighted by molar-refractivity contribution is -0.136. The molecule has 0 aromatic carbocycles. The van der Waals surface area contributed by atoms with Crippen molar-refractivity contribution in [3.63, 3.8) is 0 Å². The minimum Gasteiger partial charge on any atom is -0.481 e. The van der Waals surface area contributed by atoms with Crippen LogP contribution in [0.2, 0.25) is 0 Å². The van der Waals surface area contributed by atoms with Crippen molar-refractivity contribution in [1.82, 2.24) is 0 Å². The van der Waals surface area contributed by atoms with E-state index in [2.05, 4.69) is 0 Å². The first-order valence-corrected chi connectivity index (χ1v) is 4.58. The lowest BCUT2D eigenvalue weighted by Crippen LogP contribution is -2.03. The minimum absolute atomic E-state index is 0.0197. The van der Waals surface area contributed by atoms with E-state index in [-0.39, 0.29) is 17.0 Å². The van der Waals surface area contributed by atoms with Crippen LogP contribution in [0.5, 0.6) is 0 Å². The molecule has 76 valence electrons. The molecule has 1 heterocycles. The third-order valence-electron chi connectivity index (χ3n) is 1.80. The smallest absolute Gasteiger partial charge is 0.338 e. The van der Waals surface area contributed by atoms with E-state index in [0.29, 0.717) is 10.4 Å². The third kappa shape index (κ3) is 1.85. The molecule has 0 saturated carbocycles. The summed E-state index contributed by atoms with van der Waals surface area (Å²) < 4.78 is 0. The summed E-state index contributed by atoms with van der Waals surface area (Å²) in [7, 11) is 0. The zero-order valence-corrected chi connectivity index (χ0v) is 8.22. The highest BCUT2D eigenvalue weighted by molar-refractivity contribution is 7.16. The van der Waals surface area contributed by atoms with Crippen molar-refractivity contribution in [1.29, 1.82) is 0 Å². The van der Waals surface area contributed by atoms with Gasteiger partial charge >= 0.3 is 11.9 Å². The van der Waals surface area contributed by atoms with Gasteiger partial charge in [0.2, 0.25) is 0 Å². The Labute approximate surface area is 83.8 Å². The number of aromatic carboxylic acids is 1. The second kappa shape index (κ2) is 3.67. The minimum atomic E-state index is -1.12. The molecule has 0 aliphatic carbocycles. The number of nitrogen functional groups attached to an aromatic ring is 1. The summed E-state index contributed by atoms with van der Waals surface area (Å²) in [5.74, 6) is -2.11. The molecule has 0 atom stereocenters. The third-order valence-corrected chi connectivity index (χ3v) is 2.92. The molecular formula is C8H9NO4S. The molecule has 0 unspecified atom stereocenters. The van der Waals surface area contributed by atoms with Crippen molar-refractivity contribution in [2.75, 3.05) is 5.73 Å². The highest BCUT2D eigenvalue weighted by Gasteiger charge is 2.19. The number of thiophene rings is 1. The fourth-order valence-electron chi connectivity index (χ4n) is 1.16. The zero-order valence-electron chi connectivity index (χ0n) is 7.40. The molecule has 0 amide bonds.